The van der Waals surface area contributed by atoms with Crippen LogP contribution in [0.15, 0.2) is 53.6 Å². The van der Waals surface area contributed by atoms with E-state index in [9.17, 15) is 0 Å². The maximum Gasteiger partial charge on any atom is 0.0206 e. The van der Waals surface area contributed by atoms with Crippen LogP contribution in [0.2, 0.25) is 0 Å². The molecule has 0 saturated carbocycles. The van der Waals surface area contributed by atoms with Gasteiger partial charge in [-0.1, -0.05) is 53.6 Å². The topological polar surface area (TPSA) is 38.0 Å². The molecular formula is C19H30N2. The smallest absolute Gasteiger partial charge is 0.0206 e. The summed E-state index contributed by atoms with van der Waals surface area (Å²) in [5, 5.41) is 3.42. The van der Waals surface area contributed by atoms with Crippen molar-refractivity contribution in [3.8, 4) is 0 Å². The van der Waals surface area contributed by atoms with E-state index in [4.69, 9.17) is 5.73 Å². The van der Waals surface area contributed by atoms with Crippen LogP contribution in [0, 0.1) is 0 Å². The Morgan fingerprint density at radius 3 is 2.52 bits per heavy atom. The summed E-state index contributed by atoms with van der Waals surface area (Å²) in [5.74, 6) is 0. The van der Waals surface area contributed by atoms with Crippen LogP contribution in [-0.2, 0) is 6.42 Å². The van der Waals surface area contributed by atoms with Gasteiger partial charge in [0.05, 0.1) is 0 Å². The van der Waals surface area contributed by atoms with E-state index in [1.54, 1.807) is 0 Å². The molecule has 1 aromatic carbocycles. The van der Waals surface area contributed by atoms with Gasteiger partial charge in [0.25, 0.3) is 0 Å². The lowest BCUT2D eigenvalue weighted by atomic mass is 10.1. The molecule has 0 amide bonds. The monoisotopic (exact) mass is 286 g/mol. The summed E-state index contributed by atoms with van der Waals surface area (Å²) in [6, 6.07) is 10.6. The van der Waals surface area contributed by atoms with Crippen molar-refractivity contribution in [1.82, 2.24) is 5.32 Å². The zero-order valence-electron chi connectivity index (χ0n) is 13.7. The highest BCUT2D eigenvalue weighted by Gasteiger charge is 2.02. The fourth-order valence-electron chi connectivity index (χ4n) is 2.19. The normalized spacial score (nSPS) is 13.0. The van der Waals surface area contributed by atoms with Crippen molar-refractivity contribution in [3.63, 3.8) is 0 Å². The molecule has 0 heterocycles. The third-order valence-corrected chi connectivity index (χ3v) is 3.43. The Morgan fingerprint density at radius 1 is 1.14 bits per heavy atom. The molecule has 2 nitrogen and oxygen atoms in total. The first kappa shape index (κ1) is 17.7. The second-order valence-electron chi connectivity index (χ2n) is 5.98. The summed E-state index contributed by atoms with van der Waals surface area (Å²) in [6.45, 7) is 8.25. The molecule has 0 fully saturated rings. The predicted octanol–water partition coefficient (Wildman–Crippen LogP) is 3.84. The van der Waals surface area contributed by atoms with Gasteiger partial charge in [-0.2, -0.15) is 0 Å². The Kier molecular flexibility index (Phi) is 8.72. The number of nitrogens with one attached hydrogen (secondary N) is 1. The Morgan fingerprint density at radius 2 is 1.86 bits per heavy atom. The SMILES string of the molecule is CC(C)=CCCC(C)=CCNCC(N)Cc1ccccc1. The predicted molar refractivity (Wildman–Crippen MR) is 93.4 cm³/mol. The lowest BCUT2D eigenvalue weighted by molar-refractivity contribution is 0.597. The molecule has 0 aliphatic carbocycles. The molecule has 0 aromatic heterocycles. The van der Waals surface area contributed by atoms with Gasteiger partial charge in [0.1, 0.15) is 0 Å². The van der Waals surface area contributed by atoms with E-state index in [0.29, 0.717) is 0 Å². The molecule has 0 spiro atoms. The van der Waals surface area contributed by atoms with E-state index in [1.165, 1.54) is 16.7 Å². The van der Waals surface area contributed by atoms with Crippen LogP contribution in [0.5, 0.6) is 0 Å². The van der Waals surface area contributed by atoms with Crippen molar-refractivity contribution < 1.29 is 0 Å². The van der Waals surface area contributed by atoms with Crippen molar-refractivity contribution >= 4 is 0 Å². The van der Waals surface area contributed by atoms with Crippen LogP contribution in [0.1, 0.15) is 39.2 Å². The number of hydrogen-bond donors (Lipinski definition) is 2. The van der Waals surface area contributed by atoms with Gasteiger partial charge in [0.15, 0.2) is 0 Å². The Bertz CT molecular complexity index is 442. The molecule has 0 aliphatic heterocycles. The first-order valence-corrected chi connectivity index (χ1v) is 7.87. The molecule has 1 rings (SSSR count). The van der Waals surface area contributed by atoms with Crippen molar-refractivity contribution in [3.05, 3.63) is 59.2 Å². The number of hydrogen-bond acceptors (Lipinski definition) is 2. The van der Waals surface area contributed by atoms with E-state index in [-0.39, 0.29) is 6.04 Å². The second kappa shape index (κ2) is 10.4. The summed E-state index contributed by atoms with van der Waals surface area (Å²) in [7, 11) is 0. The van der Waals surface area contributed by atoms with E-state index >= 15 is 0 Å². The molecule has 3 N–H and O–H groups in total. The van der Waals surface area contributed by atoms with Gasteiger partial charge in [-0.3, -0.25) is 0 Å². The quantitative estimate of drug-likeness (QED) is 0.535. The molecule has 2 heteroatoms. The summed E-state index contributed by atoms with van der Waals surface area (Å²) in [5.41, 5.74) is 10.3. The first-order valence-electron chi connectivity index (χ1n) is 7.87. The minimum Gasteiger partial charge on any atom is -0.326 e. The molecule has 0 saturated heterocycles. The Balaban J connectivity index is 2.16. The number of benzene rings is 1. The van der Waals surface area contributed by atoms with E-state index in [2.05, 4.69) is 62.5 Å². The van der Waals surface area contributed by atoms with Crippen LogP contribution < -0.4 is 11.1 Å². The van der Waals surface area contributed by atoms with Crippen LogP contribution >= 0.6 is 0 Å². The minimum atomic E-state index is 0.173. The van der Waals surface area contributed by atoms with Crippen LogP contribution in [-0.4, -0.2) is 19.1 Å². The van der Waals surface area contributed by atoms with Crippen molar-refractivity contribution in [2.45, 2.75) is 46.1 Å². The van der Waals surface area contributed by atoms with Crippen LogP contribution in [0.4, 0.5) is 0 Å². The fraction of sp³-hybridized carbons (Fsp3) is 0.474. The summed E-state index contributed by atoms with van der Waals surface area (Å²) in [6.07, 6.45) is 7.77. The summed E-state index contributed by atoms with van der Waals surface area (Å²) >= 11 is 0. The van der Waals surface area contributed by atoms with E-state index < -0.39 is 0 Å². The first-order chi connectivity index (χ1) is 10.1. The van der Waals surface area contributed by atoms with Gasteiger partial charge < -0.3 is 11.1 Å². The van der Waals surface area contributed by atoms with Gasteiger partial charge in [0, 0.05) is 19.1 Å². The van der Waals surface area contributed by atoms with Gasteiger partial charge in [-0.05, 0) is 45.6 Å². The average molecular weight is 286 g/mol. The third kappa shape index (κ3) is 9.22. The highest BCUT2D eigenvalue weighted by atomic mass is 14.9. The molecule has 1 aromatic rings. The van der Waals surface area contributed by atoms with Crippen molar-refractivity contribution in [2.75, 3.05) is 13.1 Å². The van der Waals surface area contributed by atoms with Crippen molar-refractivity contribution in [1.29, 1.82) is 0 Å². The molecule has 1 unspecified atom stereocenters. The zero-order chi connectivity index (χ0) is 15.5. The lowest BCUT2D eigenvalue weighted by Gasteiger charge is -2.12. The Labute approximate surface area is 130 Å². The van der Waals surface area contributed by atoms with E-state index in [0.717, 1.165) is 32.4 Å². The maximum absolute atomic E-state index is 6.15. The zero-order valence-corrected chi connectivity index (χ0v) is 13.7. The molecule has 0 aliphatic rings. The molecule has 1 atom stereocenters. The molecule has 21 heavy (non-hydrogen) atoms. The van der Waals surface area contributed by atoms with Gasteiger partial charge >= 0.3 is 0 Å². The number of rotatable bonds is 9. The maximum atomic E-state index is 6.15. The molecule has 116 valence electrons. The Hall–Kier alpha value is -1.38. The summed E-state index contributed by atoms with van der Waals surface area (Å²) in [4.78, 5) is 0. The van der Waals surface area contributed by atoms with Crippen LogP contribution in [0.25, 0.3) is 0 Å². The standard InChI is InChI=1S/C19H30N2/c1-16(2)8-7-9-17(3)12-13-21-15-19(20)14-18-10-5-4-6-11-18/h4-6,8,10-12,19,21H,7,9,13-15,20H2,1-3H3. The second-order valence-corrected chi connectivity index (χ2v) is 5.98. The van der Waals surface area contributed by atoms with Crippen LogP contribution in [0.3, 0.4) is 0 Å². The highest BCUT2D eigenvalue weighted by molar-refractivity contribution is 5.15. The fourth-order valence-corrected chi connectivity index (χ4v) is 2.19. The summed E-state index contributed by atoms with van der Waals surface area (Å²) < 4.78 is 0. The minimum absolute atomic E-state index is 0.173. The van der Waals surface area contributed by atoms with E-state index in [1.807, 2.05) is 6.07 Å². The number of allylic oxidation sites excluding steroid dienone is 3. The molecular weight excluding hydrogens is 256 g/mol. The third-order valence-electron chi connectivity index (χ3n) is 3.43. The lowest BCUT2D eigenvalue weighted by Crippen LogP contribution is -2.35. The van der Waals surface area contributed by atoms with Crippen molar-refractivity contribution in [2.24, 2.45) is 5.73 Å². The molecule has 0 bridgehead atoms. The largest absolute Gasteiger partial charge is 0.326 e. The van der Waals surface area contributed by atoms with Gasteiger partial charge in [0.2, 0.25) is 0 Å². The number of nitrogens with two attached hydrogens (primary N) is 1. The average Bonchev–Trinajstić information content (AvgIpc) is 2.44. The highest BCUT2D eigenvalue weighted by Crippen LogP contribution is 2.06. The van der Waals surface area contributed by atoms with Gasteiger partial charge in [-0.25, -0.2) is 0 Å². The molecule has 0 radical (unpaired) electrons. The van der Waals surface area contributed by atoms with Gasteiger partial charge in [-0.15, -0.1) is 0 Å².